The zero-order chi connectivity index (χ0) is 23.3. The standard InChI is InChI=1S/C22H16F3N5O3/c23-22(24,25)16-8-6-15(7-9-16)18-13-32-21(29-18)28-17-10-26-19(27-11-17)20(31)30-33-12-14-4-2-1-3-5-14/h1-11,13H,12H2,(H,28,29)(H,30,31). The van der Waals surface area contributed by atoms with Crippen molar-refractivity contribution in [1.82, 2.24) is 20.4 Å². The molecule has 2 aromatic carbocycles. The zero-order valence-corrected chi connectivity index (χ0v) is 16.8. The Kier molecular flexibility index (Phi) is 6.31. The smallest absolute Gasteiger partial charge is 0.416 e. The average molecular weight is 455 g/mol. The van der Waals surface area contributed by atoms with Crippen LogP contribution in [0.2, 0.25) is 0 Å². The lowest BCUT2D eigenvalue weighted by Gasteiger charge is -2.06. The molecular weight excluding hydrogens is 439 g/mol. The Hall–Kier alpha value is -4.25. The molecule has 2 aromatic heterocycles. The van der Waals surface area contributed by atoms with Crippen LogP contribution in [0.3, 0.4) is 0 Å². The summed E-state index contributed by atoms with van der Waals surface area (Å²) >= 11 is 0. The van der Waals surface area contributed by atoms with Gasteiger partial charge in [0.15, 0.2) is 0 Å². The number of oxazole rings is 1. The number of hydrogen-bond acceptors (Lipinski definition) is 7. The number of halogens is 3. The van der Waals surface area contributed by atoms with Crippen LogP contribution >= 0.6 is 0 Å². The molecule has 33 heavy (non-hydrogen) atoms. The van der Waals surface area contributed by atoms with Crippen LogP contribution in [0, 0.1) is 0 Å². The normalized spacial score (nSPS) is 11.2. The lowest BCUT2D eigenvalue weighted by atomic mass is 10.1. The van der Waals surface area contributed by atoms with Crippen LogP contribution in [0.15, 0.2) is 77.7 Å². The summed E-state index contributed by atoms with van der Waals surface area (Å²) in [6, 6.07) is 13.9. The topological polar surface area (TPSA) is 102 Å². The number of amides is 1. The van der Waals surface area contributed by atoms with E-state index < -0.39 is 17.6 Å². The Morgan fingerprint density at radius 3 is 2.36 bits per heavy atom. The first-order valence-corrected chi connectivity index (χ1v) is 9.57. The summed E-state index contributed by atoms with van der Waals surface area (Å²) in [4.78, 5) is 29.3. The molecule has 0 unspecified atom stereocenters. The summed E-state index contributed by atoms with van der Waals surface area (Å²) in [6.45, 7) is 0.192. The molecule has 0 aliphatic heterocycles. The molecule has 0 saturated carbocycles. The number of rotatable bonds is 7. The first kappa shape index (κ1) is 22.0. The van der Waals surface area contributed by atoms with E-state index in [0.29, 0.717) is 16.9 Å². The molecule has 0 fully saturated rings. The lowest BCUT2D eigenvalue weighted by molar-refractivity contribution is -0.137. The van der Waals surface area contributed by atoms with Crippen molar-refractivity contribution >= 4 is 17.6 Å². The zero-order valence-electron chi connectivity index (χ0n) is 16.8. The van der Waals surface area contributed by atoms with Crippen molar-refractivity contribution < 1.29 is 27.2 Å². The largest absolute Gasteiger partial charge is 0.431 e. The second-order valence-corrected chi connectivity index (χ2v) is 6.74. The van der Waals surface area contributed by atoms with Gasteiger partial charge in [-0.15, -0.1) is 0 Å². The minimum atomic E-state index is -4.41. The van der Waals surface area contributed by atoms with Crippen LogP contribution in [0.25, 0.3) is 11.3 Å². The third-order valence-corrected chi connectivity index (χ3v) is 4.36. The molecule has 0 bridgehead atoms. The molecule has 0 saturated heterocycles. The maximum absolute atomic E-state index is 12.7. The summed E-state index contributed by atoms with van der Waals surface area (Å²) < 4.78 is 43.4. The molecule has 8 nitrogen and oxygen atoms in total. The average Bonchev–Trinajstić information content (AvgIpc) is 3.28. The van der Waals surface area contributed by atoms with Gasteiger partial charge in [0.2, 0.25) is 5.82 Å². The maximum Gasteiger partial charge on any atom is 0.416 e. The minimum absolute atomic E-state index is 0.0805. The van der Waals surface area contributed by atoms with Crippen LogP contribution in [-0.4, -0.2) is 20.9 Å². The van der Waals surface area contributed by atoms with Gasteiger partial charge >= 0.3 is 12.1 Å². The monoisotopic (exact) mass is 455 g/mol. The van der Waals surface area contributed by atoms with E-state index in [1.165, 1.54) is 30.8 Å². The first-order valence-electron chi connectivity index (χ1n) is 9.57. The van der Waals surface area contributed by atoms with Gasteiger partial charge < -0.3 is 9.73 Å². The number of benzene rings is 2. The van der Waals surface area contributed by atoms with E-state index in [1.54, 1.807) is 0 Å². The summed E-state index contributed by atoms with van der Waals surface area (Å²) in [7, 11) is 0. The fourth-order valence-electron chi connectivity index (χ4n) is 2.73. The van der Waals surface area contributed by atoms with Crippen molar-refractivity contribution in [2.45, 2.75) is 12.8 Å². The van der Waals surface area contributed by atoms with Crippen LogP contribution in [-0.2, 0) is 17.6 Å². The van der Waals surface area contributed by atoms with Crippen molar-refractivity contribution in [1.29, 1.82) is 0 Å². The van der Waals surface area contributed by atoms with Gasteiger partial charge in [-0.1, -0.05) is 42.5 Å². The van der Waals surface area contributed by atoms with Gasteiger partial charge in [-0.3, -0.25) is 9.63 Å². The summed E-state index contributed by atoms with van der Waals surface area (Å²) in [5.74, 6) is -0.718. The Balaban J connectivity index is 1.33. The lowest BCUT2D eigenvalue weighted by Crippen LogP contribution is -2.25. The van der Waals surface area contributed by atoms with Crippen LogP contribution < -0.4 is 10.8 Å². The number of carbonyl (C=O) groups excluding carboxylic acids is 1. The Bertz CT molecular complexity index is 1210. The molecule has 168 valence electrons. The molecule has 0 aliphatic carbocycles. The second kappa shape index (κ2) is 9.49. The molecule has 11 heteroatoms. The third-order valence-electron chi connectivity index (χ3n) is 4.36. The number of hydroxylamine groups is 1. The van der Waals surface area contributed by atoms with E-state index in [2.05, 4.69) is 25.7 Å². The number of carbonyl (C=O) groups is 1. The summed E-state index contributed by atoms with van der Waals surface area (Å²) in [5, 5.41) is 2.81. The predicted octanol–water partition coefficient (Wildman–Crippen LogP) is 4.76. The molecule has 4 rings (SSSR count). The predicted molar refractivity (Wildman–Crippen MR) is 111 cm³/mol. The first-order chi connectivity index (χ1) is 15.9. The maximum atomic E-state index is 12.7. The highest BCUT2D eigenvalue weighted by molar-refractivity contribution is 5.89. The highest BCUT2D eigenvalue weighted by atomic mass is 19.4. The number of alkyl halides is 3. The third kappa shape index (κ3) is 5.71. The van der Waals surface area contributed by atoms with E-state index in [9.17, 15) is 18.0 Å². The molecule has 0 radical (unpaired) electrons. The Morgan fingerprint density at radius 1 is 1.00 bits per heavy atom. The number of hydrogen-bond donors (Lipinski definition) is 2. The van der Waals surface area contributed by atoms with Gasteiger partial charge in [0.25, 0.3) is 6.01 Å². The van der Waals surface area contributed by atoms with Crippen molar-refractivity contribution in [3.8, 4) is 11.3 Å². The van der Waals surface area contributed by atoms with E-state index in [4.69, 9.17) is 9.25 Å². The molecule has 0 atom stereocenters. The highest BCUT2D eigenvalue weighted by Crippen LogP contribution is 2.31. The van der Waals surface area contributed by atoms with Gasteiger partial charge in [-0.05, 0) is 17.7 Å². The molecule has 2 N–H and O–H groups in total. The molecule has 0 spiro atoms. The fraction of sp³-hybridized carbons (Fsp3) is 0.0909. The van der Waals surface area contributed by atoms with E-state index >= 15 is 0 Å². The van der Waals surface area contributed by atoms with Gasteiger partial charge in [0, 0.05) is 5.56 Å². The van der Waals surface area contributed by atoms with Gasteiger partial charge in [-0.25, -0.2) is 15.4 Å². The molecule has 1 amide bonds. The fourth-order valence-corrected chi connectivity index (χ4v) is 2.73. The van der Waals surface area contributed by atoms with E-state index in [-0.39, 0.29) is 18.4 Å². The van der Waals surface area contributed by atoms with E-state index in [0.717, 1.165) is 17.7 Å². The molecular formula is C22H16F3N5O3. The SMILES string of the molecule is O=C(NOCc1ccccc1)c1ncc(Nc2nc(-c3ccc(C(F)(F)F)cc3)co2)cn1. The van der Waals surface area contributed by atoms with Crippen molar-refractivity contribution in [3.63, 3.8) is 0 Å². The number of aromatic nitrogens is 3. The number of anilines is 2. The highest BCUT2D eigenvalue weighted by Gasteiger charge is 2.30. The van der Waals surface area contributed by atoms with Crippen LogP contribution in [0.5, 0.6) is 0 Å². The number of nitrogens with zero attached hydrogens (tertiary/aromatic N) is 3. The Labute approximate surface area is 185 Å². The van der Waals surface area contributed by atoms with Crippen molar-refractivity contribution in [3.05, 3.63) is 90.2 Å². The molecule has 2 heterocycles. The molecule has 4 aromatic rings. The van der Waals surface area contributed by atoms with Gasteiger partial charge in [0.05, 0.1) is 30.3 Å². The van der Waals surface area contributed by atoms with Gasteiger partial charge in [-0.2, -0.15) is 18.2 Å². The molecule has 0 aliphatic rings. The van der Waals surface area contributed by atoms with Gasteiger partial charge in [0.1, 0.15) is 12.0 Å². The Morgan fingerprint density at radius 2 is 1.70 bits per heavy atom. The van der Waals surface area contributed by atoms with Crippen LogP contribution in [0.1, 0.15) is 21.7 Å². The number of nitrogens with one attached hydrogen (secondary N) is 2. The second-order valence-electron chi connectivity index (χ2n) is 6.74. The van der Waals surface area contributed by atoms with Crippen molar-refractivity contribution in [2.24, 2.45) is 0 Å². The minimum Gasteiger partial charge on any atom is -0.431 e. The van der Waals surface area contributed by atoms with E-state index in [1.807, 2.05) is 30.3 Å². The van der Waals surface area contributed by atoms with Crippen LogP contribution in [0.4, 0.5) is 24.9 Å². The van der Waals surface area contributed by atoms with Crippen molar-refractivity contribution in [2.75, 3.05) is 5.32 Å². The summed E-state index contributed by atoms with van der Waals surface area (Å²) in [6.07, 6.45) is -0.411. The quantitative estimate of drug-likeness (QED) is 0.388. The summed E-state index contributed by atoms with van der Waals surface area (Å²) in [5.41, 5.74) is 3.59.